The van der Waals surface area contributed by atoms with E-state index in [1.807, 2.05) is 13.8 Å². The van der Waals surface area contributed by atoms with Gasteiger partial charge in [0.05, 0.1) is 6.61 Å². The van der Waals surface area contributed by atoms with E-state index in [0.29, 0.717) is 12.6 Å². The fourth-order valence-corrected chi connectivity index (χ4v) is 3.23. The molecule has 4 heteroatoms. The van der Waals surface area contributed by atoms with Crippen LogP contribution >= 0.6 is 0 Å². The average molecular weight is 284 g/mol. The van der Waals surface area contributed by atoms with E-state index < -0.39 is 5.54 Å². The van der Waals surface area contributed by atoms with Gasteiger partial charge in [-0.1, -0.05) is 13.3 Å². The van der Waals surface area contributed by atoms with E-state index in [9.17, 15) is 4.79 Å². The number of nitrogens with zero attached hydrogens (tertiary/aromatic N) is 1. The number of piperidine rings is 1. The summed E-state index contributed by atoms with van der Waals surface area (Å²) in [5, 5.41) is 3.42. The van der Waals surface area contributed by atoms with Gasteiger partial charge in [-0.05, 0) is 53.5 Å². The molecule has 0 aromatic carbocycles. The van der Waals surface area contributed by atoms with Gasteiger partial charge in [-0.3, -0.25) is 15.0 Å². The van der Waals surface area contributed by atoms with Gasteiger partial charge in [0, 0.05) is 18.6 Å². The molecule has 0 amide bonds. The Labute approximate surface area is 124 Å². The molecule has 2 unspecified atom stereocenters. The van der Waals surface area contributed by atoms with Crippen LogP contribution in [-0.4, -0.2) is 48.2 Å². The van der Waals surface area contributed by atoms with Gasteiger partial charge in [-0.15, -0.1) is 0 Å². The van der Waals surface area contributed by atoms with Crippen molar-refractivity contribution < 1.29 is 9.53 Å². The summed E-state index contributed by atoms with van der Waals surface area (Å²) in [5.41, 5.74) is -0.616. The molecule has 1 aliphatic rings. The molecule has 0 aromatic rings. The molecular formula is C16H32N2O2. The highest BCUT2D eigenvalue weighted by molar-refractivity contribution is 5.80. The molecule has 118 valence electrons. The molecule has 1 aliphatic heterocycles. The van der Waals surface area contributed by atoms with Gasteiger partial charge in [-0.2, -0.15) is 0 Å². The zero-order valence-electron chi connectivity index (χ0n) is 13.9. The number of hydrogen-bond donors (Lipinski definition) is 1. The van der Waals surface area contributed by atoms with Crippen LogP contribution in [0.25, 0.3) is 0 Å². The average Bonchev–Trinajstić information content (AvgIpc) is 2.38. The number of esters is 1. The maximum Gasteiger partial charge on any atom is 0.327 e. The first-order chi connectivity index (χ1) is 9.42. The van der Waals surface area contributed by atoms with Crippen LogP contribution in [0.5, 0.6) is 0 Å². The molecule has 1 N–H and O–H groups in total. The summed E-state index contributed by atoms with van der Waals surface area (Å²) in [4.78, 5) is 14.8. The Morgan fingerprint density at radius 2 is 2.10 bits per heavy atom. The predicted molar refractivity (Wildman–Crippen MR) is 82.8 cm³/mol. The van der Waals surface area contributed by atoms with Gasteiger partial charge in [0.25, 0.3) is 0 Å². The van der Waals surface area contributed by atoms with Crippen molar-refractivity contribution in [2.24, 2.45) is 0 Å². The van der Waals surface area contributed by atoms with Crippen molar-refractivity contribution in [2.75, 3.05) is 19.7 Å². The van der Waals surface area contributed by atoms with Crippen molar-refractivity contribution in [3.05, 3.63) is 0 Å². The molecule has 2 atom stereocenters. The van der Waals surface area contributed by atoms with E-state index >= 15 is 0 Å². The zero-order chi connectivity index (χ0) is 15.2. The monoisotopic (exact) mass is 284 g/mol. The third kappa shape index (κ3) is 4.74. The molecule has 1 rings (SSSR count). The normalized spacial score (nSPS) is 23.6. The zero-order valence-corrected chi connectivity index (χ0v) is 13.9. The second kappa shape index (κ2) is 7.99. The molecule has 0 saturated carbocycles. The second-order valence-electron chi connectivity index (χ2n) is 6.38. The standard InChI is InChI=1S/C16H32N2O2/c1-6-14-10-8-9-11-18(14)12-16(5,17-13(3)4)15(19)20-7-2/h13-14,17H,6-12H2,1-5H3. The Bertz CT molecular complexity index is 307. The summed E-state index contributed by atoms with van der Waals surface area (Å²) in [6.07, 6.45) is 4.94. The van der Waals surface area contributed by atoms with Crippen LogP contribution in [0.3, 0.4) is 0 Å². The maximum absolute atomic E-state index is 12.4. The van der Waals surface area contributed by atoms with Gasteiger partial charge in [0.1, 0.15) is 5.54 Å². The maximum atomic E-state index is 12.4. The summed E-state index contributed by atoms with van der Waals surface area (Å²) in [6.45, 7) is 12.5. The Kier molecular flexibility index (Phi) is 6.96. The van der Waals surface area contributed by atoms with Crippen LogP contribution in [0.4, 0.5) is 0 Å². The first kappa shape index (κ1) is 17.4. The number of hydrogen-bond acceptors (Lipinski definition) is 4. The molecule has 0 bridgehead atoms. The van der Waals surface area contributed by atoms with Crippen LogP contribution in [-0.2, 0) is 9.53 Å². The highest BCUT2D eigenvalue weighted by Gasteiger charge is 2.38. The smallest absolute Gasteiger partial charge is 0.327 e. The molecule has 0 spiro atoms. The minimum Gasteiger partial charge on any atom is -0.465 e. The highest BCUT2D eigenvalue weighted by atomic mass is 16.5. The van der Waals surface area contributed by atoms with Crippen molar-refractivity contribution in [3.63, 3.8) is 0 Å². The Hall–Kier alpha value is -0.610. The number of rotatable bonds is 7. The van der Waals surface area contributed by atoms with Crippen LogP contribution in [0.15, 0.2) is 0 Å². The van der Waals surface area contributed by atoms with Crippen molar-refractivity contribution in [3.8, 4) is 0 Å². The van der Waals surface area contributed by atoms with E-state index in [4.69, 9.17) is 4.74 Å². The van der Waals surface area contributed by atoms with Gasteiger partial charge in [-0.25, -0.2) is 0 Å². The summed E-state index contributed by atoms with van der Waals surface area (Å²) in [5.74, 6) is -0.130. The van der Waals surface area contributed by atoms with Crippen LogP contribution < -0.4 is 5.32 Å². The SMILES string of the molecule is CCOC(=O)C(C)(CN1CCCCC1CC)NC(C)C. The topological polar surface area (TPSA) is 41.6 Å². The molecule has 1 heterocycles. The van der Waals surface area contributed by atoms with E-state index in [1.54, 1.807) is 0 Å². The van der Waals surface area contributed by atoms with Crippen molar-refractivity contribution in [1.29, 1.82) is 0 Å². The number of carbonyl (C=O) groups is 1. The Morgan fingerprint density at radius 3 is 2.65 bits per heavy atom. The predicted octanol–water partition coefficient (Wildman–Crippen LogP) is 2.57. The molecule has 4 nitrogen and oxygen atoms in total. The third-order valence-corrected chi connectivity index (χ3v) is 4.07. The molecule has 1 saturated heterocycles. The molecule has 0 aromatic heterocycles. The summed E-state index contributed by atoms with van der Waals surface area (Å²) >= 11 is 0. The minimum absolute atomic E-state index is 0.130. The van der Waals surface area contributed by atoms with E-state index in [0.717, 1.165) is 19.5 Å². The fourth-order valence-electron chi connectivity index (χ4n) is 3.23. The van der Waals surface area contributed by atoms with E-state index in [-0.39, 0.29) is 12.0 Å². The van der Waals surface area contributed by atoms with Crippen molar-refractivity contribution in [1.82, 2.24) is 10.2 Å². The molecule has 1 fully saturated rings. The number of ether oxygens (including phenoxy) is 1. The Balaban J connectivity index is 2.79. The van der Waals surface area contributed by atoms with Gasteiger partial charge in [0.2, 0.25) is 0 Å². The van der Waals surface area contributed by atoms with Crippen LogP contribution in [0.1, 0.15) is 60.3 Å². The molecule has 0 aliphatic carbocycles. The lowest BCUT2D eigenvalue weighted by molar-refractivity contribution is -0.152. The number of carbonyl (C=O) groups excluding carboxylic acids is 1. The lowest BCUT2D eigenvalue weighted by Gasteiger charge is -2.41. The quantitative estimate of drug-likeness (QED) is 0.730. The van der Waals surface area contributed by atoms with Crippen LogP contribution in [0.2, 0.25) is 0 Å². The van der Waals surface area contributed by atoms with E-state index in [2.05, 4.69) is 31.0 Å². The summed E-state index contributed by atoms with van der Waals surface area (Å²) < 4.78 is 5.29. The summed E-state index contributed by atoms with van der Waals surface area (Å²) in [7, 11) is 0. The van der Waals surface area contributed by atoms with Crippen molar-refractivity contribution >= 4 is 5.97 Å². The Morgan fingerprint density at radius 1 is 1.40 bits per heavy atom. The minimum atomic E-state index is -0.616. The van der Waals surface area contributed by atoms with Gasteiger partial charge >= 0.3 is 5.97 Å². The van der Waals surface area contributed by atoms with Gasteiger partial charge < -0.3 is 4.74 Å². The highest BCUT2D eigenvalue weighted by Crippen LogP contribution is 2.22. The van der Waals surface area contributed by atoms with E-state index in [1.165, 1.54) is 19.3 Å². The van der Waals surface area contributed by atoms with Crippen LogP contribution in [0, 0.1) is 0 Å². The number of nitrogens with one attached hydrogen (secondary N) is 1. The second-order valence-corrected chi connectivity index (χ2v) is 6.38. The van der Waals surface area contributed by atoms with Crippen molar-refractivity contribution in [2.45, 2.75) is 77.9 Å². The lowest BCUT2D eigenvalue weighted by Crippen LogP contribution is -2.61. The molecule has 0 radical (unpaired) electrons. The molecular weight excluding hydrogens is 252 g/mol. The molecule has 20 heavy (non-hydrogen) atoms. The third-order valence-electron chi connectivity index (χ3n) is 4.07. The summed E-state index contributed by atoms with van der Waals surface area (Å²) in [6, 6.07) is 0.862. The first-order valence-electron chi connectivity index (χ1n) is 8.12. The first-order valence-corrected chi connectivity index (χ1v) is 8.12. The van der Waals surface area contributed by atoms with Gasteiger partial charge in [0.15, 0.2) is 0 Å². The largest absolute Gasteiger partial charge is 0.465 e. The number of likely N-dealkylation sites (tertiary alicyclic amines) is 1. The fraction of sp³-hybridized carbons (Fsp3) is 0.938. The lowest BCUT2D eigenvalue weighted by atomic mass is 9.94.